The molecule has 1 N–H and O–H groups in total. The molecule has 2 rings (SSSR count). The normalized spacial score (nSPS) is 18.0. The number of hydrogen-bond acceptors (Lipinski definition) is 4. The van der Waals surface area contributed by atoms with Crippen LogP contribution in [0.3, 0.4) is 0 Å². The molecule has 1 atom stereocenters. The Morgan fingerprint density at radius 1 is 1.25 bits per heavy atom. The van der Waals surface area contributed by atoms with Crippen molar-refractivity contribution < 1.29 is 19.1 Å². The molecular weight excluding hydrogens is 311 g/mol. The van der Waals surface area contributed by atoms with Crippen LogP contribution in [0.4, 0.5) is 4.39 Å². The first-order valence-electron chi connectivity index (χ1n) is 8.13. The average molecular weight is 334 g/mol. The number of likely N-dealkylation sites (N-methyl/N-ethyl adjacent to an activating group) is 1. The molecule has 0 radical (unpaired) electrons. The third kappa shape index (κ3) is 3.48. The summed E-state index contributed by atoms with van der Waals surface area (Å²) in [6.07, 6.45) is 0. The van der Waals surface area contributed by atoms with Crippen LogP contribution >= 0.6 is 0 Å². The summed E-state index contributed by atoms with van der Waals surface area (Å²) in [6, 6.07) is 4.98. The SMILES string of the molecule is CCN(CC)CCN1C(=O)C(O)=C(C(C)=O)[C@@H]1c1ccc(F)cc1. The zero-order valence-electron chi connectivity index (χ0n) is 14.3. The maximum atomic E-state index is 13.2. The van der Waals surface area contributed by atoms with E-state index in [0.29, 0.717) is 18.7 Å². The highest BCUT2D eigenvalue weighted by Gasteiger charge is 2.42. The summed E-state index contributed by atoms with van der Waals surface area (Å²) in [6.45, 7) is 8.09. The van der Waals surface area contributed by atoms with E-state index < -0.39 is 23.5 Å². The number of aliphatic hydroxyl groups excluding tert-OH is 1. The van der Waals surface area contributed by atoms with E-state index in [4.69, 9.17) is 0 Å². The number of carbonyl (C=O) groups excluding carboxylic acids is 2. The summed E-state index contributed by atoms with van der Waals surface area (Å²) in [7, 11) is 0. The fourth-order valence-corrected chi connectivity index (χ4v) is 3.02. The summed E-state index contributed by atoms with van der Waals surface area (Å²) < 4.78 is 13.2. The Labute approximate surface area is 141 Å². The van der Waals surface area contributed by atoms with E-state index in [1.54, 1.807) is 12.1 Å². The second-order valence-electron chi connectivity index (χ2n) is 5.80. The van der Waals surface area contributed by atoms with Gasteiger partial charge in [0.1, 0.15) is 5.82 Å². The van der Waals surface area contributed by atoms with Crippen molar-refractivity contribution in [1.29, 1.82) is 0 Å². The van der Waals surface area contributed by atoms with E-state index in [1.807, 2.05) is 13.8 Å². The van der Waals surface area contributed by atoms with Crippen molar-refractivity contribution in [1.82, 2.24) is 9.80 Å². The first-order valence-corrected chi connectivity index (χ1v) is 8.13. The first-order chi connectivity index (χ1) is 11.4. The van der Waals surface area contributed by atoms with Gasteiger partial charge >= 0.3 is 0 Å². The van der Waals surface area contributed by atoms with Gasteiger partial charge in [-0.15, -0.1) is 0 Å². The van der Waals surface area contributed by atoms with Crippen molar-refractivity contribution in [3.05, 3.63) is 47.0 Å². The van der Waals surface area contributed by atoms with E-state index in [9.17, 15) is 19.1 Å². The van der Waals surface area contributed by atoms with Crippen molar-refractivity contribution in [2.24, 2.45) is 0 Å². The minimum Gasteiger partial charge on any atom is -0.503 e. The fraction of sp³-hybridized carbons (Fsp3) is 0.444. The van der Waals surface area contributed by atoms with E-state index in [2.05, 4.69) is 4.90 Å². The van der Waals surface area contributed by atoms with E-state index in [-0.39, 0.29) is 11.4 Å². The summed E-state index contributed by atoms with van der Waals surface area (Å²) in [5, 5.41) is 10.1. The predicted molar refractivity (Wildman–Crippen MR) is 89.0 cm³/mol. The van der Waals surface area contributed by atoms with Gasteiger partial charge in [-0.25, -0.2) is 4.39 Å². The summed E-state index contributed by atoms with van der Waals surface area (Å²) in [4.78, 5) is 28.0. The van der Waals surface area contributed by atoms with E-state index >= 15 is 0 Å². The molecule has 5 nitrogen and oxygen atoms in total. The van der Waals surface area contributed by atoms with Crippen molar-refractivity contribution in [3.8, 4) is 0 Å². The van der Waals surface area contributed by atoms with Gasteiger partial charge in [0.2, 0.25) is 0 Å². The Morgan fingerprint density at radius 3 is 2.33 bits per heavy atom. The van der Waals surface area contributed by atoms with Crippen LogP contribution in [-0.2, 0) is 9.59 Å². The second kappa shape index (κ2) is 7.57. The van der Waals surface area contributed by atoms with Gasteiger partial charge in [-0.1, -0.05) is 26.0 Å². The third-order valence-corrected chi connectivity index (χ3v) is 4.42. The molecule has 1 aliphatic heterocycles. The molecule has 0 saturated heterocycles. The maximum absolute atomic E-state index is 13.2. The molecule has 1 aromatic rings. The molecule has 0 unspecified atom stereocenters. The average Bonchev–Trinajstić information content (AvgIpc) is 2.81. The van der Waals surface area contributed by atoms with Gasteiger partial charge in [0, 0.05) is 13.1 Å². The number of rotatable bonds is 7. The van der Waals surface area contributed by atoms with Gasteiger partial charge in [-0.05, 0) is 37.7 Å². The lowest BCUT2D eigenvalue weighted by molar-refractivity contribution is -0.129. The van der Waals surface area contributed by atoms with Crippen molar-refractivity contribution in [2.75, 3.05) is 26.2 Å². The number of nitrogens with zero attached hydrogens (tertiary/aromatic N) is 2. The lowest BCUT2D eigenvalue weighted by Gasteiger charge is -2.29. The Hall–Kier alpha value is -2.21. The molecule has 0 fully saturated rings. The largest absolute Gasteiger partial charge is 0.503 e. The van der Waals surface area contributed by atoms with Crippen LogP contribution in [0.5, 0.6) is 0 Å². The van der Waals surface area contributed by atoms with Gasteiger partial charge in [-0.3, -0.25) is 9.59 Å². The number of halogens is 1. The van der Waals surface area contributed by atoms with Crippen LogP contribution in [0.2, 0.25) is 0 Å². The molecule has 1 aromatic carbocycles. The highest BCUT2D eigenvalue weighted by Crippen LogP contribution is 2.37. The predicted octanol–water partition coefficient (Wildman–Crippen LogP) is 2.45. The lowest BCUT2D eigenvalue weighted by atomic mass is 9.97. The molecule has 1 heterocycles. The number of aliphatic hydroxyl groups is 1. The molecule has 0 bridgehead atoms. The first kappa shape index (κ1) is 18.1. The highest BCUT2D eigenvalue weighted by molar-refractivity contribution is 6.08. The van der Waals surface area contributed by atoms with Crippen LogP contribution in [0.1, 0.15) is 32.4 Å². The molecule has 0 saturated carbocycles. The van der Waals surface area contributed by atoms with Gasteiger partial charge in [0.05, 0.1) is 11.6 Å². The van der Waals surface area contributed by atoms with E-state index in [1.165, 1.54) is 24.0 Å². The monoisotopic (exact) mass is 334 g/mol. The second-order valence-corrected chi connectivity index (χ2v) is 5.80. The molecule has 130 valence electrons. The number of hydrogen-bond donors (Lipinski definition) is 1. The number of carbonyl (C=O) groups is 2. The summed E-state index contributed by atoms with van der Waals surface area (Å²) in [5.41, 5.74) is 0.685. The summed E-state index contributed by atoms with van der Waals surface area (Å²) in [5.74, 6) is -1.81. The van der Waals surface area contributed by atoms with Crippen LogP contribution < -0.4 is 0 Å². The minimum atomic E-state index is -0.675. The molecule has 24 heavy (non-hydrogen) atoms. The Morgan fingerprint density at radius 2 is 1.83 bits per heavy atom. The molecule has 0 aromatic heterocycles. The van der Waals surface area contributed by atoms with E-state index in [0.717, 1.165) is 13.1 Å². The molecule has 0 aliphatic carbocycles. The number of benzene rings is 1. The number of amides is 1. The quantitative estimate of drug-likeness (QED) is 0.832. The Balaban J connectivity index is 2.36. The van der Waals surface area contributed by atoms with Crippen LogP contribution in [0.15, 0.2) is 35.6 Å². The summed E-state index contributed by atoms with van der Waals surface area (Å²) >= 11 is 0. The zero-order chi connectivity index (χ0) is 17.9. The topological polar surface area (TPSA) is 60.9 Å². The van der Waals surface area contributed by atoms with Gasteiger partial charge in [-0.2, -0.15) is 0 Å². The minimum absolute atomic E-state index is 0.0751. The van der Waals surface area contributed by atoms with Crippen molar-refractivity contribution in [3.63, 3.8) is 0 Å². The molecular formula is C18H23FN2O3. The number of Topliss-reactive ketones (excluding diaryl/α,β-unsaturated/α-hetero) is 1. The van der Waals surface area contributed by atoms with Gasteiger partial charge < -0.3 is 14.9 Å². The maximum Gasteiger partial charge on any atom is 0.290 e. The lowest BCUT2D eigenvalue weighted by Crippen LogP contribution is -2.38. The van der Waals surface area contributed by atoms with Gasteiger partial charge in [0.15, 0.2) is 11.5 Å². The molecule has 1 amide bonds. The van der Waals surface area contributed by atoms with Crippen molar-refractivity contribution >= 4 is 11.7 Å². The fourth-order valence-electron chi connectivity index (χ4n) is 3.02. The molecule has 6 heteroatoms. The van der Waals surface area contributed by atoms with Crippen LogP contribution in [0.25, 0.3) is 0 Å². The third-order valence-electron chi connectivity index (χ3n) is 4.42. The molecule has 1 aliphatic rings. The Kier molecular flexibility index (Phi) is 5.72. The van der Waals surface area contributed by atoms with Crippen LogP contribution in [-0.4, -0.2) is 52.8 Å². The Bertz CT molecular complexity index is 651. The number of ketones is 1. The van der Waals surface area contributed by atoms with Crippen LogP contribution in [0, 0.1) is 5.82 Å². The zero-order valence-corrected chi connectivity index (χ0v) is 14.3. The van der Waals surface area contributed by atoms with Crippen molar-refractivity contribution in [2.45, 2.75) is 26.8 Å². The van der Waals surface area contributed by atoms with Gasteiger partial charge in [0.25, 0.3) is 5.91 Å². The highest BCUT2D eigenvalue weighted by atomic mass is 19.1. The standard InChI is InChI=1S/C18H23FN2O3/c1-4-20(5-2)10-11-21-16(13-6-8-14(19)9-7-13)15(12(3)22)17(23)18(21)24/h6-9,16,23H,4-5,10-11H2,1-3H3/t16-/m0/s1. The molecule has 0 spiro atoms. The smallest absolute Gasteiger partial charge is 0.290 e.